The Morgan fingerprint density at radius 3 is 2.41 bits per heavy atom. The van der Waals surface area contributed by atoms with E-state index in [1.165, 1.54) is 0 Å². The van der Waals surface area contributed by atoms with Crippen molar-refractivity contribution >= 4 is 29.7 Å². The van der Waals surface area contributed by atoms with Gasteiger partial charge in [-0.05, 0) is 6.07 Å². The molecule has 0 aromatic heterocycles. The number of nitro groups is 1. The van der Waals surface area contributed by atoms with Crippen LogP contribution in [0.25, 0.3) is 0 Å². The Balaban J connectivity index is 0.00000256. The number of rotatable bonds is 3. The lowest BCUT2D eigenvalue weighted by atomic mass is 10.0. The minimum absolute atomic E-state index is 0. The van der Waals surface area contributed by atoms with Crippen LogP contribution >= 0.6 is 24.0 Å². The monoisotopic (exact) mass is 288 g/mol. The van der Waals surface area contributed by atoms with Crippen molar-refractivity contribution in [1.82, 2.24) is 0 Å². The van der Waals surface area contributed by atoms with Crippen molar-refractivity contribution in [2.75, 3.05) is 0 Å². The number of phenols is 1. The molecule has 0 bridgehead atoms. The predicted molar refractivity (Wildman–Crippen MR) is 60.0 cm³/mol. The Bertz CT molecular complexity index is 431. The summed E-state index contributed by atoms with van der Waals surface area (Å²) < 4.78 is 24.7. The molecular weight excluding hydrogens is 281 g/mol. The highest BCUT2D eigenvalue weighted by Gasteiger charge is 2.30. The third kappa shape index (κ3) is 3.15. The highest BCUT2D eigenvalue weighted by Crippen LogP contribution is 2.39. The summed E-state index contributed by atoms with van der Waals surface area (Å²) in [7, 11) is 0. The molecule has 17 heavy (non-hydrogen) atoms. The maximum absolute atomic E-state index is 12.4. The average Bonchev–Trinajstić information content (AvgIpc) is 2.20. The second-order valence-corrected chi connectivity index (χ2v) is 3.35. The molecule has 0 saturated carbocycles. The first kappa shape index (κ1) is 15.8. The minimum Gasteiger partial charge on any atom is -0.506 e. The molecule has 1 aromatic rings. The highest BCUT2D eigenvalue weighted by atomic mass is 35.5. The first-order chi connectivity index (χ1) is 7.36. The van der Waals surface area contributed by atoms with Crippen molar-refractivity contribution in [1.29, 1.82) is 0 Å². The molecule has 0 heterocycles. The van der Waals surface area contributed by atoms with Crippen LogP contribution in [0.4, 0.5) is 14.5 Å². The van der Waals surface area contributed by atoms with E-state index in [4.69, 9.17) is 17.3 Å². The maximum atomic E-state index is 12.4. The fourth-order valence-corrected chi connectivity index (χ4v) is 1.35. The number of nitro benzene ring substituents is 1. The number of hydrogen-bond donors (Lipinski definition) is 2. The lowest BCUT2D eigenvalue weighted by Gasteiger charge is -2.13. The van der Waals surface area contributed by atoms with Crippen LogP contribution in [-0.2, 0) is 0 Å². The number of halogens is 4. The molecule has 0 radical (unpaired) electrons. The largest absolute Gasteiger partial charge is 0.506 e. The zero-order valence-corrected chi connectivity index (χ0v) is 9.71. The molecule has 1 atom stereocenters. The predicted octanol–water partition coefficient (Wildman–Crippen LogP) is 2.64. The van der Waals surface area contributed by atoms with Crippen LogP contribution in [0.1, 0.15) is 11.6 Å². The molecule has 1 rings (SSSR count). The Labute approximate surface area is 106 Å². The molecule has 3 N–H and O–H groups in total. The van der Waals surface area contributed by atoms with Crippen LogP contribution in [0.5, 0.6) is 5.75 Å². The van der Waals surface area contributed by atoms with Gasteiger partial charge in [0.2, 0.25) is 0 Å². The van der Waals surface area contributed by atoms with Gasteiger partial charge < -0.3 is 10.8 Å². The van der Waals surface area contributed by atoms with E-state index in [0.29, 0.717) is 0 Å². The van der Waals surface area contributed by atoms with E-state index in [-0.39, 0.29) is 17.4 Å². The molecule has 0 aliphatic carbocycles. The number of nitrogens with two attached hydrogens (primary N) is 1. The third-order valence-electron chi connectivity index (χ3n) is 1.95. The van der Waals surface area contributed by atoms with E-state index >= 15 is 0 Å². The first-order valence-corrected chi connectivity index (χ1v) is 4.43. The fourth-order valence-electron chi connectivity index (χ4n) is 1.18. The summed E-state index contributed by atoms with van der Waals surface area (Å²) in [6, 6.07) is -0.00447. The molecule has 9 heteroatoms. The summed E-state index contributed by atoms with van der Waals surface area (Å²) in [6.45, 7) is 0. The van der Waals surface area contributed by atoms with Crippen molar-refractivity contribution in [3.8, 4) is 5.75 Å². The summed E-state index contributed by atoms with van der Waals surface area (Å²) >= 11 is 5.47. The van der Waals surface area contributed by atoms with Crippen molar-refractivity contribution in [3.63, 3.8) is 0 Å². The smallest absolute Gasteiger partial charge is 0.278 e. The third-order valence-corrected chi connectivity index (χ3v) is 2.25. The van der Waals surface area contributed by atoms with Gasteiger partial charge in [0.25, 0.3) is 12.1 Å². The van der Waals surface area contributed by atoms with E-state index in [9.17, 15) is 24.0 Å². The molecule has 96 valence electrons. The van der Waals surface area contributed by atoms with Gasteiger partial charge in [0, 0.05) is 6.07 Å². The number of nitrogens with zero attached hydrogens (tertiary/aromatic N) is 1. The van der Waals surface area contributed by atoms with Gasteiger partial charge in [0.15, 0.2) is 0 Å². The summed E-state index contributed by atoms with van der Waals surface area (Å²) in [6.07, 6.45) is -3.04. The molecule has 0 unspecified atom stereocenters. The van der Waals surface area contributed by atoms with Crippen LogP contribution in [0.15, 0.2) is 12.1 Å². The first-order valence-electron chi connectivity index (χ1n) is 4.05. The van der Waals surface area contributed by atoms with Crippen molar-refractivity contribution in [2.45, 2.75) is 12.5 Å². The number of alkyl halides is 2. The molecule has 0 spiro atoms. The lowest BCUT2D eigenvalue weighted by Crippen LogP contribution is -2.20. The van der Waals surface area contributed by atoms with Gasteiger partial charge in [-0.3, -0.25) is 10.1 Å². The normalized spacial score (nSPS) is 12.1. The number of aromatic hydroxyl groups is 1. The molecule has 0 fully saturated rings. The average molecular weight is 289 g/mol. The lowest BCUT2D eigenvalue weighted by molar-refractivity contribution is -0.386. The molecule has 0 saturated heterocycles. The topological polar surface area (TPSA) is 89.4 Å². The van der Waals surface area contributed by atoms with Gasteiger partial charge in [0.1, 0.15) is 11.8 Å². The molecule has 0 amide bonds. The van der Waals surface area contributed by atoms with E-state index in [1.807, 2.05) is 0 Å². The second kappa shape index (κ2) is 5.95. The van der Waals surface area contributed by atoms with E-state index in [1.54, 1.807) is 0 Å². The molecular formula is C8H8Cl2F2N2O3. The summed E-state index contributed by atoms with van der Waals surface area (Å²) in [5.74, 6) is -0.788. The molecule has 1 aromatic carbocycles. The number of phenolic OH excluding ortho intramolecular Hbond substituents is 1. The molecule has 0 aliphatic heterocycles. The zero-order chi connectivity index (χ0) is 12.5. The highest BCUT2D eigenvalue weighted by molar-refractivity contribution is 6.32. The van der Waals surface area contributed by atoms with Gasteiger partial charge in [-0.1, -0.05) is 11.6 Å². The SMILES string of the molecule is Cl.N[C@H](c1c([N+](=O)[O-])ccc(Cl)c1O)C(F)F. The second-order valence-electron chi connectivity index (χ2n) is 2.95. The minimum atomic E-state index is -3.04. The Morgan fingerprint density at radius 2 is 2.00 bits per heavy atom. The Morgan fingerprint density at radius 1 is 1.47 bits per heavy atom. The van der Waals surface area contributed by atoms with Crippen LogP contribution in [0, 0.1) is 10.1 Å². The van der Waals surface area contributed by atoms with Crippen LogP contribution in [0.2, 0.25) is 5.02 Å². The van der Waals surface area contributed by atoms with Gasteiger partial charge in [-0.15, -0.1) is 12.4 Å². The van der Waals surface area contributed by atoms with E-state index < -0.39 is 34.4 Å². The Hall–Kier alpha value is -1.18. The number of hydrogen-bond acceptors (Lipinski definition) is 4. The van der Waals surface area contributed by atoms with Gasteiger partial charge in [0.05, 0.1) is 15.5 Å². The standard InChI is InChI=1S/C8H7ClF2N2O3.ClH/c9-3-1-2-4(13(15)16)5(7(3)14)6(12)8(10)11;/h1-2,6,8,14H,12H2;1H/t6-;/m1./s1. The van der Waals surface area contributed by atoms with E-state index in [2.05, 4.69) is 0 Å². The van der Waals surface area contributed by atoms with Crippen LogP contribution in [-0.4, -0.2) is 16.5 Å². The van der Waals surface area contributed by atoms with Gasteiger partial charge in [-0.2, -0.15) is 0 Å². The van der Waals surface area contributed by atoms with Crippen LogP contribution < -0.4 is 5.73 Å². The zero-order valence-electron chi connectivity index (χ0n) is 8.14. The number of benzene rings is 1. The van der Waals surface area contributed by atoms with E-state index in [0.717, 1.165) is 12.1 Å². The fraction of sp³-hybridized carbons (Fsp3) is 0.250. The Kier molecular flexibility index (Phi) is 5.53. The quantitative estimate of drug-likeness (QED) is 0.661. The van der Waals surface area contributed by atoms with Crippen LogP contribution in [0.3, 0.4) is 0 Å². The summed E-state index contributed by atoms with van der Waals surface area (Å²) in [4.78, 5) is 9.65. The maximum Gasteiger partial charge on any atom is 0.278 e. The molecule has 0 aliphatic rings. The van der Waals surface area contributed by atoms with Gasteiger partial charge >= 0.3 is 0 Å². The molecule has 5 nitrogen and oxygen atoms in total. The van der Waals surface area contributed by atoms with Crippen molar-refractivity contribution in [2.24, 2.45) is 5.73 Å². The van der Waals surface area contributed by atoms with Gasteiger partial charge in [-0.25, -0.2) is 8.78 Å². The summed E-state index contributed by atoms with van der Waals surface area (Å²) in [5.41, 5.74) is 3.73. The van der Waals surface area contributed by atoms with Crippen molar-refractivity contribution < 1.29 is 18.8 Å². The van der Waals surface area contributed by atoms with Crippen molar-refractivity contribution in [3.05, 3.63) is 32.8 Å². The summed E-state index contributed by atoms with van der Waals surface area (Å²) in [5, 5.41) is 19.7.